The summed E-state index contributed by atoms with van der Waals surface area (Å²) in [5.41, 5.74) is 3.11. The second kappa shape index (κ2) is 10.0. The lowest BCUT2D eigenvalue weighted by molar-refractivity contribution is -0.462. The molecule has 7 fully saturated rings. The number of rotatable bonds is 6. The van der Waals surface area contributed by atoms with E-state index in [-0.39, 0.29) is 0 Å². The normalized spacial score (nSPS) is 68.1. The quantitative estimate of drug-likeness (QED) is 0.206. The summed E-state index contributed by atoms with van der Waals surface area (Å²) in [5.74, 6) is 11.5. The molecular formula is C47H78O2. The first-order valence-corrected chi connectivity index (χ1v) is 21.5. The number of hydrogen-bond donors (Lipinski definition) is 0. The van der Waals surface area contributed by atoms with Crippen molar-refractivity contribution < 1.29 is 9.47 Å². The third kappa shape index (κ3) is 3.11. The van der Waals surface area contributed by atoms with E-state index in [2.05, 4.69) is 130 Å². The lowest BCUT2D eigenvalue weighted by atomic mass is 9.11. The Morgan fingerprint density at radius 1 is 0.449 bits per heavy atom. The van der Waals surface area contributed by atoms with E-state index in [0.29, 0.717) is 61.1 Å². The summed E-state index contributed by atoms with van der Waals surface area (Å²) in [6.07, 6.45) is 6.57. The number of hydrogen-bond acceptors (Lipinski definition) is 2. The van der Waals surface area contributed by atoms with Crippen LogP contribution >= 0.6 is 0 Å². The van der Waals surface area contributed by atoms with Crippen molar-refractivity contribution >= 4 is 0 Å². The summed E-state index contributed by atoms with van der Waals surface area (Å²) < 4.78 is 12.0. The van der Waals surface area contributed by atoms with Crippen molar-refractivity contribution in [2.45, 2.75) is 124 Å². The van der Waals surface area contributed by atoms with Crippen molar-refractivity contribution in [3.63, 3.8) is 0 Å². The molecule has 0 radical (unpaired) electrons. The SMILES string of the molecule is CCOCCOCC1CC2(C)C(C)C3C(C(C)C12C)C1(C)C(C)C2C(C(C)C31C)C1(C)C(C)C3C(C(C)C21C)C1(C)C(C)C=CC(C)C31C. The zero-order chi connectivity index (χ0) is 36.0. The summed E-state index contributed by atoms with van der Waals surface area (Å²) >= 11 is 0. The Morgan fingerprint density at radius 2 is 0.776 bits per heavy atom. The Morgan fingerprint density at radius 3 is 1.16 bits per heavy atom. The molecule has 8 aliphatic carbocycles. The summed E-state index contributed by atoms with van der Waals surface area (Å²) in [5, 5.41) is 0. The van der Waals surface area contributed by atoms with E-state index in [0.717, 1.165) is 97.4 Å². The average Bonchev–Trinajstić information content (AvgIpc) is 3.06. The van der Waals surface area contributed by atoms with Gasteiger partial charge in [-0.05, 0) is 145 Å². The van der Waals surface area contributed by atoms with Crippen molar-refractivity contribution in [3.05, 3.63) is 12.2 Å². The second-order valence-corrected chi connectivity index (χ2v) is 22.4. The van der Waals surface area contributed by atoms with Gasteiger partial charge in [-0.3, -0.25) is 0 Å². The molecule has 23 unspecified atom stereocenters. The van der Waals surface area contributed by atoms with Crippen LogP contribution in [0, 0.1) is 132 Å². The highest BCUT2D eigenvalue weighted by Gasteiger charge is 2.90. The van der Waals surface area contributed by atoms with Crippen molar-refractivity contribution in [1.29, 1.82) is 0 Å². The maximum atomic E-state index is 6.36. The first kappa shape index (κ1) is 35.7. The van der Waals surface area contributed by atoms with E-state index in [4.69, 9.17) is 9.47 Å². The number of ether oxygens (including phenoxy) is 2. The molecule has 0 N–H and O–H groups in total. The minimum absolute atomic E-state index is 0.341. The van der Waals surface area contributed by atoms with E-state index in [9.17, 15) is 0 Å². The molecule has 0 aliphatic heterocycles. The van der Waals surface area contributed by atoms with Crippen LogP contribution in [0.5, 0.6) is 0 Å². The Labute approximate surface area is 303 Å². The van der Waals surface area contributed by atoms with Gasteiger partial charge in [0.1, 0.15) is 0 Å². The Bertz CT molecular complexity index is 1420. The molecule has 8 rings (SSSR count). The molecule has 0 aromatic rings. The van der Waals surface area contributed by atoms with Crippen LogP contribution in [0.25, 0.3) is 0 Å². The summed E-state index contributed by atoms with van der Waals surface area (Å²) in [6.45, 7) is 49.3. The van der Waals surface area contributed by atoms with Crippen molar-refractivity contribution in [1.82, 2.24) is 0 Å². The standard InChI is InChI=1S/C47H78O2/c1-18-48-21-22-49-24-33-23-40(10)27(4)34-37(28(5)43(33,40)13)47(17)32(9)39-38(31(8)44(34,47)14)45(15)29(6)35-36(30(7)46(39,45)16)42(12)26(3)20-19-25(2)41(35,42)11/h19-20,25-39H,18,21-24H2,1-17H3. The molecule has 0 spiro atoms. The molecule has 0 bridgehead atoms. The molecular weight excluding hydrogens is 597 g/mol. The molecule has 0 aromatic heterocycles. The van der Waals surface area contributed by atoms with Crippen LogP contribution in [0.3, 0.4) is 0 Å². The van der Waals surface area contributed by atoms with Crippen LogP contribution in [0.2, 0.25) is 0 Å². The topological polar surface area (TPSA) is 18.5 Å². The molecule has 8 aliphatic rings. The first-order chi connectivity index (χ1) is 22.6. The maximum Gasteiger partial charge on any atom is 0.0700 e. The molecule has 0 aromatic carbocycles. The lowest BCUT2D eigenvalue weighted by Crippen LogP contribution is -2.89. The fourth-order valence-electron chi connectivity index (χ4n) is 20.4. The van der Waals surface area contributed by atoms with E-state index in [1.165, 1.54) is 6.42 Å². The molecule has 49 heavy (non-hydrogen) atoms. The van der Waals surface area contributed by atoms with E-state index in [1.54, 1.807) is 0 Å². The van der Waals surface area contributed by atoms with E-state index >= 15 is 0 Å². The summed E-state index contributed by atoms with van der Waals surface area (Å²) in [6, 6.07) is 0. The van der Waals surface area contributed by atoms with Crippen molar-refractivity contribution in [2.75, 3.05) is 26.4 Å². The predicted molar refractivity (Wildman–Crippen MR) is 204 cm³/mol. The van der Waals surface area contributed by atoms with Gasteiger partial charge < -0.3 is 9.47 Å². The molecule has 0 amide bonds. The number of fused-ring (bicyclic) bond motifs is 13. The Kier molecular flexibility index (Phi) is 7.31. The molecule has 7 saturated carbocycles. The minimum atomic E-state index is 0.341. The van der Waals surface area contributed by atoms with Gasteiger partial charge in [0.25, 0.3) is 0 Å². The van der Waals surface area contributed by atoms with Crippen LogP contribution in [0.1, 0.15) is 124 Å². The fourth-order valence-corrected chi connectivity index (χ4v) is 20.4. The van der Waals surface area contributed by atoms with Crippen LogP contribution < -0.4 is 0 Å². The van der Waals surface area contributed by atoms with Crippen molar-refractivity contribution in [2.24, 2.45) is 132 Å². The maximum absolute atomic E-state index is 6.36. The highest BCUT2D eigenvalue weighted by molar-refractivity contribution is 5.38. The third-order valence-corrected chi connectivity index (χ3v) is 24.0. The minimum Gasteiger partial charge on any atom is -0.379 e. The first-order valence-electron chi connectivity index (χ1n) is 21.5. The van der Waals surface area contributed by atoms with Gasteiger partial charge >= 0.3 is 0 Å². The molecule has 278 valence electrons. The predicted octanol–water partition coefficient (Wildman–Crippen LogP) is 11.5. The molecule has 0 heterocycles. The zero-order valence-corrected chi connectivity index (χ0v) is 35.2. The van der Waals surface area contributed by atoms with E-state index < -0.39 is 0 Å². The number of allylic oxidation sites excluding steroid dienone is 2. The van der Waals surface area contributed by atoms with Crippen LogP contribution in [-0.2, 0) is 9.47 Å². The molecule has 0 saturated heterocycles. The Balaban J connectivity index is 1.17. The van der Waals surface area contributed by atoms with Crippen LogP contribution in [0.15, 0.2) is 12.2 Å². The lowest BCUT2D eigenvalue weighted by Gasteiger charge is -2.93. The average molecular weight is 675 g/mol. The Hall–Kier alpha value is -0.340. The van der Waals surface area contributed by atoms with Gasteiger partial charge in [0.15, 0.2) is 0 Å². The summed E-state index contributed by atoms with van der Waals surface area (Å²) in [4.78, 5) is 0. The molecule has 2 nitrogen and oxygen atoms in total. The van der Waals surface area contributed by atoms with Crippen molar-refractivity contribution in [3.8, 4) is 0 Å². The largest absolute Gasteiger partial charge is 0.379 e. The highest BCUT2D eigenvalue weighted by atomic mass is 16.5. The zero-order valence-electron chi connectivity index (χ0n) is 35.2. The van der Waals surface area contributed by atoms with Crippen LogP contribution in [-0.4, -0.2) is 26.4 Å². The fraction of sp³-hybridized carbons (Fsp3) is 0.957. The van der Waals surface area contributed by atoms with Crippen LogP contribution in [0.4, 0.5) is 0 Å². The smallest absolute Gasteiger partial charge is 0.0700 e. The second-order valence-electron chi connectivity index (χ2n) is 22.4. The van der Waals surface area contributed by atoms with Gasteiger partial charge in [-0.1, -0.05) is 123 Å². The highest BCUT2D eigenvalue weighted by Crippen LogP contribution is 2.94. The van der Waals surface area contributed by atoms with Gasteiger partial charge in [-0.2, -0.15) is 0 Å². The van der Waals surface area contributed by atoms with Gasteiger partial charge in [0.2, 0.25) is 0 Å². The van der Waals surface area contributed by atoms with Gasteiger partial charge in [-0.25, -0.2) is 0 Å². The monoisotopic (exact) mass is 675 g/mol. The molecule has 23 atom stereocenters. The van der Waals surface area contributed by atoms with Gasteiger partial charge in [0, 0.05) is 6.61 Å². The molecule has 2 heteroatoms. The van der Waals surface area contributed by atoms with Gasteiger partial charge in [0.05, 0.1) is 19.8 Å². The third-order valence-electron chi connectivity index (χ3n) is 24.0. The van der Waals surface area contributed by atoms with E-state index in [1.807, 2.05) is 0 Å². The summed E-state index contributed by atoms with van der Waals surface area (Å²) in [7, 11) is 0. The van der Waals surface area contributed by atoms with Gasteiger partial charge in [-0.15, -0.1) is 0 Å².